The second-order valence-electron chi connectivity index (χ2n) is 19.8. The highest BCUT2D eigenvalue weighted by Gasteiger charge is 2.56. The minimum Gasteiger partial charge on any atom is -0.367 e. The van der Waals surface area contributed by atoms with Crippen molar-refractivity contribution in [2.24, 2.45) is 10.8 Å². The Kier molecular flexibility index (Phi) is 23.0. The number of thiocarbonyl (C=S) groups is 1. The molecular weight excluding hydrogens is 1040 g/mol. The van der Waals surface area contributed by atoms with Crippen molar-refractivity contribution in [1.82, 2.24) is 52.3 Å². The molecule has 6 rings (SSSR count). The number of hydrogen-bond donors (Lipinski definition) is 8. The molecule has 2 aromatic rings. The van der Waals surface area contributed by atoms with Crippen LogP contribution in [-0.4, -0.2) is 142 Å². The molecule has 402 valence electrons. The van der Waals surface area contributed by atoms with Crippen LogP contribution in [0.2, 0.25) is 0 Å². The first-order chi connectivity index (χ1) is 34.3. The molecule has 0 saturated carbocycles. The number of nitrogens with zero attached hydrogens (tertiary/aromatic N) is 2. The number of hydrogen-bond acceptors (Lipinski definition) is 12. The maximum atomic E-state index is 14.4. The molecule has 17 nitrogen and oxygen atoms in total. The molecule has 4 heterocycles. The number of benzene rings is 2. The van der Waals surface area contributed by atoms with Crippen molar-refractivity contribution in [2.75, 3.05) is 38.7 Å². The highest BCUT2D eigenvalue weighted by molar-refractivity contribution is 8.00. The first-order valence-corrected chi connectivity index (χ1v) is 26.8. The van der Waals surface area contributed by atoms with E-state index < -0.39 is 76.8 Å². The van der Waals surface area contributed by atoms with Gasteiger partial charge in [0.2, 0.25) is 41.4 Å². The maximum absolute atomic E-state index is 14.4. The monoisotopic (exact) mass is 1110 g/mol. The van der Waals surface area contributed by atoms with Crippen molar-refractivity contribution in [3.8, 4) is 23.7 Å². The van der Waals surface area contributed by atoms with Gasteiger partial charge < -0.3 is 52.3 Å². The number of halogens is 2. The lowest BCUT2D eigenvalue weighted by Crippen LogP contribution is -2.58. The minimum atomic E-state index is -1.12. The molecule has 0 aliphatic carbocycles. The number of thioether (sulfide) groups is 2. The van der Waals surface area contributed by atoms with Crippen LogP contribution in [0.5, 0.6) is 0 Å². The molecular formula is C52H70Cl2N10O7S3. The van der Waals surface area contributed by atoms with Gasteiger partial charge in [0.05, 0.1) is 40.9 Å². The van der Waals surface area contributed by atoms with Gasteiger partial charge >= 0.3 is 0 Å². The van der Waals surface area contributed by atoms with Crippen molar-refractivity contribution < 1.29 is 33.6 Å². The summed E-state index contributed by atoms with van der Waals surface area (Å²) in [5.41, 5.74) is -0.171. The number of fused-ring (bicyclic) bond motifs is 2. The Balaban J connectivity index is 0.00000593. The van der Waals surface area contributed by atoms with Gasteiger partial charge in [-0.2, -0.15) is 0 Å². The van der Waals surface area contributed by atoms with E-state index in [4.69, 9.17) is 12.2 Å². The summed E-state index contributed by atoms with van der Waals surface area (Å²) in [6, 6.07) is 11.6. The zero-order valence-electron chi connectivity index (χ0n) is 43.0. The summed E-state index contributed by atoms with van der Waals surface area (Å²) in [6.07, 6.45) is 2.13. The highest BCUT2D eigenvalue weighted by Crippen LogP contribution is 2.48. The summed E-state index contributed by atoms with van der Waals surface area (Å²) >= 11 is 8.80. The van der Waals surface area contributed by atoms with Crippen molar-refractivity contribution in [1.29, 1.82) is 0 Å². The fourth-order valence-electron chi connectivity index (χ4n) is 9.54. The van der Waals surface area contributed by atoms with Crippen LogP contribution in [0, 0.1) is 34.5 Å². The Hall–Kier alpha value is -5.06. The van der Waals surface area contributed by atoms with Crippen molar-refractivity contribution in [3.05, 3.63) is 71.8 Å². The number of carbonyl (C=O) groups is 7. The summed E-state index contributed by atoms with van der Waals surface area (Å²) in [4.78, 5) is 101. The molecule has 0 unspecified atom stereocenters. The second kappa shape index (κ2) is 27.6. The largest absolute Gasteiger partial charge is 0.367 e. The molecule has 0 spiro atoms. The van der Waals surface area contributed by atoms with Gasteiger partial charge in [-0.05, 0) is 98.9 Å². The lowest BCUT2D eigenvalue weighted by atomic mass is 9.83. The van der Waals surface area contributed by atoms with Crippen LogP contribution in [-0.2, 0) is 33.6 Å². The predicted octanol–water partition coefficient (Wildman–Crippen LogP) is 2.95. The van der Waals surface area contributed by atoms with Crippen molar-refractivity contribution in [2.45, 2.75) is 126 Å². The average molecular weight is 1110 g/mol. The molecule has 0 radical (unpaired) electrons. The van der Waals surface area contributed by atoms with E-state index in [2.05, 4.69) is 66.2 Å². The Bertz CT molecular complexity index is 2320. The summed E-state index contributed by atoms with van der Waals surface area (Å²) in [7, 11) is 3.46. The van der Waals surface area contributed by atoms with E-state index in [1.807, 2.05) is 40.7 Å². The molecule has 4 aliphatic rings. The maximum Gasteiger partial charge on any atom is 0.247 e. The molecule has 10 atom stereocenters. The van der Waals surface area contributed by atoms with E-state index in [1.165, 1.54) is 0 Å². The van der Waals surface area contributed by atoms with Crippen LogP contribution >= 0.6 is 60.6 Å². The van der Waals surface area contributed by atoms with Gasteiger partial charge in [-0.25, -0.2) is 0 Å². The normalized spacial score (nSPS) is 23.9. The van der Waals surface area contributed by atoms with E-state index in [1.54, 1.807) is 109 Å². The summed E-state index contributed by atoms with van der Waals surface area (Å²) in [5, 5.41) is 23.0. The third-order valence-electron chi connectivity index (χ3n) is 13.7. The molecule has 4 saturated heterocycles. The van der Waals surface area contributed by atoms with Gasteiger partial charge in [-0.1, -0.05) is 112 Å². The fourth-order valence-corrected chi connectivity index (χ4v) is 13.0. The third-order valence-corrected chi connectivity index (χ3v) is 16.7. The lowest BCUT2D eigenvalue weighted by molar-refractivity contribution is -0.144. The van der Waals surface area contributed by atoms with Gasteiger partial charge in [0.15, 0.2) is 0 Å². The summed E-state index contributed by atoms with van der Waals surface area (Å²) in [6.45, 7) is 11.2. The van der Waals surface area contributed by atoms with Crippen LogP contribution < -0.4 is 42.5 Å². The number of carbonyl (C=O) groups excluding carboxylic acids is 7. The fraction of sp³-hybridized carbons (Fsp3) is 0.538. The number of nitrogens with one attached hydrogen (secondary N) is 8. The number of amides is 7. The molecule has 8 N–H and O–H groups in total. The van der Waals surface area contributed by atoms with Crippen molar-refractivity contribution >= 4 is 107 Å². The third kappa shape index (κ3) is 14.9. The quantitative estimate of drug-likeness (QED) is 0.0897. The van der Waals surface area contributed by atoms with Gasteiger partial charge in [0.1, 0.15) is 36.3 Å². The van der Waals surface area contributed by atoms with Crippen LogP contribution in [0.15, 0.2) is 60.7 Å². The smallest absolute Gasteiger partial charge is 0.247 e. The highest BCUT2D eigenvalue weighted by atomic mass is 35.5. The average Bonchev–Trinajstić information content (AvgIpc) is 3.68. The molecule has 7 amide bonds. The van der Waals surface area contributed by atoms with Crippen LogP contribution in [0.3, 0.4) is 0 Å². The SMILES string of the molecule is CN[C@@H](C)C(=O)N[C@H]1CCS[C@H]2CC(C)(C)[C@@H](C(=O)N[C@H](C(=O)NCC#CC#CCNC(=O)[C@@H](NC(=O)[C@H]3N4C(=O)[C@@H](NC(=S)[C@H](C)NC)CCS[C@H]4CC3(C)C)c3ccccc3)c3ccccc3)N2C1=O.Cl.Cl. The molecule has 0 bridgehead atoms. The van der Waals surface area contributed by atoms with Gasteiger partial charge in [0, 0.05) is 0 Å². The van der Waals surface area contributed by atoms with E-state index >= 15 is 0 Å². The lowest BCUT2D eigenvalue weighted by Gasteiger charge is -2.35. The Morgan fingerprint density at radius 3 is 1.42 bits per heavy atom. The molecule has 2 aromatic carbocycles. The Morgan fingerprint density at radius 1 is 0.635 bits per heavy atom. The number of likely N-dealkylation sites (N-methyl/N-ethyl adjacent to an activating group) is 2. The summed E-state index contributed by atoms with van der Waals surface area (Å²) < 4.78 is 0. The number of rotatable bonds is 16. The second-order valence-corrected chi connectivity index (χ2v) is 22.8. The van der Waals surface area contributed by atoms with E-state index in [0.29, 0.717) is 53.3 Å². The molecule has 74 heavy (non-hydrogen) atoms. The van der Waals surface area contributed by atoms with Crippen LogP contribution in [0.1, 0.15) is 90.4 Å². The van der Waals surface area contributed by atoms with Gasteiger partial charge in [0.25, 0.3) is 0 Å². The Morgan fingerprint density at radius 2 is 1.03 bits per heavy atom. The summed E-state index contributed by atoms with van der Waals surface area (Å²) in [5.74, 6) is 9.50. The standard InChI is InChI=1S/C52H68N10O7S3.2ClH/c1-31(53-7)43(63)57-35-23-27-71-37-29-51(3,4)41(61(37)49(35)68)46(66)59-39(33-19-13-11-14-20-33)44(64)55-25-17-9-10-18-26-56-45(65)40(34-21-15-12-16-22-34)60-47(67)42-52(5,6)30-38-62(42)50(69)36(24-28-72-38)58-48(70)32(2)54-8;;/h11-16,19-22,31-32,35-42,53-54H,23-30H2,1-8H3,(H,55,64)(H,56,65)(H,57,63)(H,58,70)(H,59,66)(H,60,67);2*1H/t31-,32-,35-,36-,37-,38-,39-,40-,41+,42+;;/m0../s1. The zero-order chi connectivity index (χ0) is 52.3. The van der Waals surface area contributed by atoms with E-state index in [9.17, 15) is 33.6 Å². The van der Waals surface area contributed by atoms with E-state index in [-0.39, 0.29) is 72.4 Å². The van der Waals surface area contributed by atoms with Gasteiger partial charge in [-0.3, -0.25) is 33.6 Å². The molecule has 22 heteroatoms. The molecule has 4 fully saturated rings. The first-order valence-electron chi connectivity index (χ1n) is 24.3. The van der Waals surface area contributed by atoms with Crippen LogP contribution in [0.25, 0.3) is 0 Å². The molecule has 4 aliphatic heterocycles. The molecule has 0 aromatic heterocycles. The predicted molar refractivity (Wildman–Crippen MR) is 299 cm³/mol. The van der Waals surface area contributed by atoms with Crippen molar-refractivity contribution in [3.63, 3.8) is 0 Å². The first kappa shape index (κ1) is 61.5. The Labute approximate surface area is 461 Å². The van der Waals surface area contributed by atoms with Crippen LogP contribution in [0.4, 0.5) is 0 Å². The van der Waals surface area contributed by atoms with E-state index in [0.717, 1.165) is 0 Å². The zero-order valence-corrected chi connectivity index (χ0v) is 47.1. The van der Waals surface area contributed by atoms with Gasteiger partial charge in [-0.15, -0.1) is 48.3 Å². The topological polar surface area (TPSA) is 222 Å². The minimum absolute atomic E-state index is 0.